The lowest BCUT2D eigenvalue weighted by molar-refractivity contribution is 0.0528. The molecule has 0 bridgehead atoms. The number of ether oxygens (including phenoxy) is 1. The zero-order valence-electron chi connectivity index (χ0n) is 10.6. The third kappa shape index (κ3) is 3.30. The van der Waals surface area contributed by atoms with Gasteiger partial charge in [-0.05, 0) is 19.8 Å². The monoisotopic (exact) mass is 240 g/mol. The lowest BCUT2D eigenvalue weighted by atomic mass is 10.2. The predicted octanol–water partition coefficient (Wildman–Crippen LogP) is 1.92. The SMILES string of the molecule is CCCc1c(O)nc(C(CC)OCC)[nH]c1=O. The summed E-state index contributed by atoms with van der Waals surface area (Å²) in [5.41, 5.74) is 0.0788. The maximum absolute atomic E-state index is 11.8. The van der Waals surface area contributed by atoms with Gasteiger partial charge in [-0.1, -0.05) is 20.3 Å². The van der Waals surface area contributed by atoms with E-state index in [-0.39, 0.29) is 17.5 Å². The highest BCUT2D eigenvalue weighted by atomic mass is 16.5. The van der Waals surface area contributed by atoms with Crippen molar-refractivity contribution in [3.8, 4) is 5.88 Å². The second-order valence-electron chi connectivity index (χ2n) is 3.86. The average Bonchev–Trinajstić information content (AvgIpc) is 2.30. The molecule has 0 aliphatic heterocycles. The molecule has 1 unspecified atom stereocenters. The quantitative estimate of drug-likeness (QED) is 0.796. The predicted molar refractivity (Wildman–Crippen MR) is 65.2 cm³/mol. The lowest BCUT2D eigenvalue weighted by Gasteiger charge is -2.14. The molecule has 0 fully saturated rings. The van der Waals surface area contributed by atoms with Gasteiger partial charge in [-0.2, -0.15) is 4.98 Å². The number of hydrogen-bond donors (Lipinski definition) is 2. The van der Waals surface area contributed by atoms with Crippen LogP contribution in [-0.4, -0.2) is 21.7 Å². The number of aromatic hydroxyl groups is 1. The molecule has 0 saturated carbocycles. The number of aromatic amines is 1. The molecule has 5 heteroatoms. The Morgan fingerprint density at radius 3 is 2.59 bits per heavy atom. The maximum atomic E-state index is 11.8. The number of hydrogen-bond acceptors (Lipinski definition) is 4. The van der Waals surface area contributed by atoms with E-state index in [1.165, 1.54) is 0 Å². The van der Waals surface area contributed by atoms with Crippen LogP contribution in [0.3, 0.4) is 0 Å². The topological polar surface area (TPSA) is 75.2 Å². The van der Waals surface area contributed by atoms with Crippen molar-refractivity contribution in [2.24, 2.45) is 0 Å². The lowest BCUT2D eigenvalue weighted by Crippen LogP contribution is -2.19. The number of rotatable bonds is 6. The molecule has 17 heavy (non-hydrogen) atoms. The van der Waals surface area contributed by atoms with Gasteiger partial charge in [0.1, 0.15) is 11.9 Å². The molecule has 0 aliphatic rings. The van der Waals surface area contributed by atoms with E-state index >= 15 is 0 Å². The number of nitrogens with one attached hydrogen (secondary N) is 1. The van der Waals surface area contributed by atoms with Crippen LogP contribution < -0.4 is 5.56 Å². The van der Waals surface area contributed by atoms with Crippen molar-refractivity contribution in [1.29, 1.82) is 0 Å². The van der Waals surface area contributed by atoms with Crippen LogP contribution >= 0.6 is 0 Å². The van der Waals surface area contributed by atoms with Crippen molar-refractivity contribution in [2.75, 3.05) is 6.61 Å². The summed E-state index contributed by atoms with van der Waals surface area (Å²) in [7, 11) is 0. The first-order chi connectivity index (χ1) is 8.13. The van der Waals surface area contributed by atoms with Crippen molar-refractivity contribution in [3.63, 3.8) is 0 Å². The Kier molecular flexibility index (Phi) is 5.15. The second kappa shape index (κ2) is 6.39. The summed E-state index contributed by atoms with van der Waals surface area (Å²) >= 11 is 0. The molecule has 0 aromatic carbocycles. The van der Waals surface area contributed by atoms with E-state index in [9.17, 15) is 9.90 Å². The fourth-order valence-corrected chi connectivity index (χ4v) is 1.72. The van der Waals surface area contributed by atoms with Crippen molar-refractivity contribution in [1.82, 2.24) is 9.97 Å². The van der Waals surface area contributed by atoms with E-state index in [2.05, 4.69) is 9.97 Å². The van der Waals surface area contributed by atoms with Gasteiger partial charge in [-0.3, -0.25) is 4.79 Å². The van der Waals surface area contributed by atoms with Gasteiger partial charge in [-0.15, -0.1) is 0 Å². The minimum Gasteiger partial charge on any atom is -0.493 e. The van der Waals surface area contributed by atoms with Crippen LogP contribution in [0, 0.1) is 0 Å². The molecule has 0 radical (unpaired) electrons. The van der Waals surface area contributed by atoms with Gasteiger partial charge in [0.15, 0.2) is 0 Å². The summed E-state index contributed by atoms with van der Waals surface area (Å²) < 4.78 is 5.44. The van der Waals surface area contributed by atoms with Crippen LogP contribution in [0.25, 0.3) is 0 Å². The van der Waals surface area contributed by atoms with Gasteiger partial charge in [0.05, 0.1) is 5.56 Å². The molecule has 1 aromatic heterocycles. The molecule has 2 N–H and O–H groups in total. The van der Waals surface area contributed by atoms with Gasteiger partial charge in [-0.25, -0.2) is 0 Å². The second-order valence-corrected chi connectivity index (χ2v) is 3.86. The molecule has 0 spiro atoms. The van der Waals surface area contributed by atoms with Gasteiger partial charge in [0.2, 0.25) is 5.88 Å². The van der Waals surface area contributed by atoms with Gasteiger partial charge < -0.3 is 14.8 Å². The summed E-state index contributed by atoms with van der Waals surface area (Å²) in [6, 6.07) is 0. The third-order valence-corrected chi connectivity index (χ3v) is 2.56. The van der Waals surface area contributed by atoms with Crippen LogP contribution in [-0.2, 0) is 11.2 Å². The molecule has 0 amide bonds. The van der Waals surface area contributed by atoms with Gasteiger partial charge >= 0.3 is 0 Å². The minimum atomic E-state index is -0.271. The molecule has 96 valence electrons. The van der Waals surface area contributed by atoms with Crippen LogP contribution in [0.4, 0.5) is 0 Å². The maximum Gasteiger partial charge on any atom is 0.258 e. The Labute approximate surface area is 101 Å². The van der Waals surface area contributed by atoms with Crippen molar-refractivity contribution < 1.29 is 9.84 Å². The van der Waals surface area contributed by atoms with E-state index in [1.54, 1.807) is 0 Å². The first-order valence-electron chi connectivity index (χ1n) is 6.07. The Morgan fingerprint density at radius 1 is 1.41 bits per heavy atom. The summed E-state index contributed by atoms with van der Waals surface area (Å²) in [6.07, 6.45) is 1.75. The highest BCUT2D eigenvalue weighted by molar-refractivity contribution is 5.23. The first kappa shape index (κ1) is 13.7. The Morgan fingerprint density at radius 2 is 2.12 bits per heavy atom. The molecule has 1 aromatic rings. The highest BCUT2D eigenvalue weighted by Gasteiger charge is 2.16. The summed E-state index contributed by atoms with van der Waals surface area (Å²) in [5.74, 6) is 0.223. The minimum absolute atomic E-state index is 0.177. The van der Waals surface area contributed by atoms with Crippen molar-refractivity contribution in [2.45, 2.75) is 46.1 Å². The smallest absolute Gasteiger partial charge is 0.258 e. The highest BCUT2D eigenvalue weighted by Crippen LogP contribution is 2.19. The average molecular weight is 240 g/mol. The van der Waals surface area contributed by atoms with Crippen LogP contribution in [0.5, 0.6) is 5.88 Å². The van der Waals surface area contributed by atoms with Gasteiger partial charge in [0.25, 0.3) is 5.56 Å². The molecule has 0 saturated heterocycles. The summed E-state index contributed by atoms with van der Waals surface area (Å²) in [4.78, 5) is 18.5. The van der Waals surface area contributed by atoms with Crippen molar-refractivity contribution in [3.05, 3.63) is 21.7 Å². The normalized spacial score (nSPS) is 12.6. The Balaban J connectivity index is 3.08. The van der Waals surface area contributed by atoms with E-state index in [1.807, 2.05) is 20.8 Å². The fraction of sp³-hybridized carbons (Fsp3) is 0.667. The molecule has 1 rings (SSSR count). The van der Waals surface area contributed by atoms with E-state index < -0.39 is 0 Å². The molecule has 1 heterocycles. The Bertz CT molecular complexity index is 415. The number of aromatic nitrogens is 2. The standard InChI is InChI=1S/C12H20N2O3/c1-4-7-8-11(15)13-10(14-12(8)16)9(5-2)17-6-3/h9H,4-7H2,1-3H3,(H2,13,14,15,16). The molecule has 1 atom stereocenters. The van der Waals surface area contributed by atoms with Crippen LogP contribution in [0.1, 0.15) is 51.1 Å². The molecule has 0 aliphatic carbocycles. The summed E-state index contributed by atoms with van der Waals surface area (Å²) in [6.45, 7) is 6.31. The van der Waals surface area contributed by atoms with E-state index in [0.717, 1.165) is 6.42 Å². The zero-order chi connectivity index (χ0) is 12.8. The van der Waals surface area contributed by atoms with Crippen LogP contribution in [0.15, 0.2) is 4.79 Å². The molecule has 5 nitrogen and oxygen atoms in total. The molecular formula is C12H20N2O3. The van der Waals surface area contributed by atoms with E-state index in [0.29, 0.717) is 30.8 Å². The molecular weight excluding hydrogens is 220 g/mol. The largest absolute Gasteiger partial charge is 0.493 e. The summed E-state index contributed by atoms with van der Waals surface area (Å²) in [5, 5.41) is 9.73. The van der Waals surface area contributed by atoms with Gasteiger partial charge in [0, 0.05) is 6.61 Å². The first-order valence-corrected chi connectivity index (χ1v) is 6.07. The van der Waals surface area contributed by atoms with E-state index in [4.69, 9.17) is 4.74 Å². The number of H-pyrrole nitrogens is 1. The van der Waals surface area contributed by atoms with Crippen LogP contribution in [0.2, 0.25) is 0 Å². The third-order valence-electron chi connectivity index (χ3n) is 2.56. The van der Waals surface area contributed by atoms with Crippen molar-refractivity contribution >= 4 is 0 Å². The fourth-order valence-electron chi connectivity index (χ4n) is 1.72. The Hall–Kier alpha value is -1.36. The number of nitrogens with zero attached hydrogens (tertiary/aromatic N) is 1. The zero-order valence-corrected chi connectivity index (χ0v) is 10.6.